The number of carbonyl (C=O) groups is 1. The van der Waals surface area contributed by atoms with E-state index in [2.05, 4.69) is 5.32 Å². The van der Waals surface area contributed by atoms with E-state index in [9.17, 15) is 4.79 Å². The average Bonchev–Trinajstić information content (AvgIpc) is 3.06. The summed E-state index contributed by atoms with van der Waals surface area (Å²) in [6, 6.07) is 16.9. The Balaban J connectivity index is 1.63. The van der Waals surface area contributed by atoms with Gasteiger partial charge in [0.25, 0.3) is 5.91 Å². The van der Waals surface area contributed by atoms with Crippen LogP contribution in [0.2, 0.25) is 5.02 Å². The van der Waals surface area contributed by atoms with Crippen LogP contribution in [0.3, 0.4) is 0 Å². The molecule has 0 spiro atoms. The lowest BCUT2D eigenvalue weighted by molar-refractivity contribution is 0.103. The molecule has 3 aromatic rings. The van der Waals surface area contributed by atoms with E-state index >= 15 is 0 Å². The van der Waals surface area contributed by atoms with Crippen LogP contribution < -0.4 is 10.1 Å². The lowest BCUT2D eigenvalue weighted by atomic mass is 10.2. The first kappa shape index (κ1) is 16.6. The third-order valence-electron chi connectivity index (χ3n) is 3.39. The highest BCUT2D eigenvalue weighted by Gasteiger charge is 2.10. The van der Waals surface area contributed by atoms with Crippen molar-refractivity contribution in [2.45, 2.75) is 13.5 Å². The zero-order chi connectivity index (χ0) is 16.9. The lowest BCUT2D eigenvalue weighted by Gasteiger charge is -2.07. The molecule has 5 heteroatoms. The molecular formula is C19H16ClNO2S. The molecule has 3 rings (SSSR count). The predicted molar refractivity (Wildman–Crippen MR) is 99.2 cm³/mol. The molecule has 0 unspecified atom stereocenters. The van der Waals surface area contributed by atoms with Crippen LogP contribution in [0.25, 0.3) is 0 Å². The SMILES string of the molecule is Cc1ccc(Cl)c(OCc2csc(C(=O)Nc3ccccc3)c2)c1. The molecule has 1 heterocycles. The van der Waals surface area contributed by atoms with E-state index in [1.54, 1.807) is 0 Å². The Morgan fingerprint density at radius 2 is 1.96 bits per heavy atom. The van der Waals surface area contributed by atoms with E-state index in [-0.39, 0.29) is 5.91 Å². The molecule has 0 saturated carbocycles. The van der Waals surface area contributed by atoms with Crippen molar-refractivity contribution in [3.8, 4) is 5.75 Å². The topological polar surface area (TPSA) is 38.3 Å². The molecule has 3 nitrogen and oxygen atoms in total. The maximum Gasteiger partial charge on any atom is 0.265 e. The summed E-state index contributed by atoms with van der Waals surface area (Å²) in [7, 11) is 0. The van der Waals surface area contributed by atoms with Gasteiger partial charge >= 0.3 is 0 Å². The summed E-state index contributed by atoms with van der Waals surface area (Å²) < 4.78 is 5.76. The number of hydrogen-bond donors (Lipinski definition) is 1. The van der Waals surface area contributed by atoms with E-state index < -0.39 is 0 Å². The predicted octanol–water partition coefficient (Wildman–Crippen LogP) is 5.54. The van der Waals surface area contributed by atoms with Gasteiger partial charge in [0, 0.05) is 11.3 Å². The summed E-state index contributed by atoms with van der Waals surface area (Å²) >= 11 is 7.52. The van der Waals surface area contributed by atoms with Crippen LogP contribution in [0.4, 0.5) is 5.69 Å². The van der Waals surface area contributed by atoms with Gasteiger partial charge in [0.15, 0.2) is 0 Å². The number of benzene rings is 2. The molecule has 0 radical (unpaired) electrons. The highest BCUT2D eigenvalue weighted by atomic mass is 35.5. The van der Waals surface area contributed by atoms with Crippen LogP contribution >= 0.6 is 22.9 Å². The summed E-state index contributed by atoms with van der Waals surface area (Å²) in [6.07, 6.45) is 0. The van der Waals surface area contributed by atoms with Gasteiger partial charge in [0.1, 0.15) is 12.4 Å². The Labute approximate surface area is 149 Å². The molecule has 0 atom stereocenters. The second-order valence-electron chi connectivity index (χ2n) is 5.36. The fourth-order valence-corrected chi connectivity index (χ4v) is 3.13. The van der Waals surface area contributed by atoms with Crippen LogP contribution in [-0.4, -0.2) is 5.91 Å². The van der Waals surface area contributed by atoms with Gasteiger partial charge in [0.2, 0.25) is 0 Å². The fraction of sp³-hybridized carbons (Fsp3) is 0.105. The van der Waals surface area contributed by atoms with Gasteiger partial charge in [-0.05, 0) is 48.2 Å². The smallest absolute Gasteiger partial charge is 0.265 e. The lowest BCUT2D eigenvalue weighted by Crippen LogP contribution is -2.09. The third kappa shape index (κ3) is 4.16. The van der Waals surface area contributed by atoms with Crippen molar-refractivity contribution in [1.29, 1.82) is 0 Å². The standard InChI is InChI=1S/C19H16ClNO2S/c1-13-7-8-16(20)17(9-13)23-11-14-10-18(24-12-14)19(22)21-15-5-3-2-4-6-15/h2-10,12H,11H2,1H3,(H,21,22). The van der Waals surface area contributed by atoms with Crippen LogP contribution in [0.1, 0.15) is 20.8 Å². The number of rotatable bonds is 5. The van der Waals surface area contributed by atoms with Gasteiger partial charge in [-0.2, -0.15) is 0 Å². The summed E-state index contributed by atoms with van der Waals surface area (Å²) in [5.41, 5.74) is 2.80. The maximum atomic E-state index is 12.2. The Morgan fingerprint density at radius 3 is 2.75 bits per heavy atom. The Hall–Kier alpha value is -2.30. The average molecular weight is 358 g/mol. The minimum atomic E-state index is -0.119. The molecule has 1 N–H and O–H groups in total. The summed E-state index contributed by atoms with van der Waals surface area (Å²) in [4.78, 5) is 12.9. The first-order valence-electron chi connectivity index (χ1n) is 7.44. The minimum absolute atomic E-state index is 0.119. The molecule has 0 bridgehead atoms. The van der Waals surface area contributed by atoms with Gasteiger partial charge in [-0.15, -0.1) is 11.3 Å². The zero-order valence-electron chi connectivity index (χ0n) is 13.1. The quantitative estimate of drug-likeness (QED) is 0.650. The number of anilines is 1. The first-order valence-corrected chi connectivity index (χ1v) is 8.70. The van der Waals surface area contributed by atoms with Gasteiger partial charge in [-0.3, -0.25) is 4.79 Å². The fourth-order valence-electron chi connectivity index (χ4n) is 2.17. The van der Waals surface area contributed by atoms with Crippen LogP contribution in [0, 0.1) is 6.92 Å². The maximum absolute atomic E-state index is 12.2. The van der Waals surface area contributed by atoms with Gasteiger partial charge < -0.3 is 10.1 Å². The first-order chi connectivity index (χ1) is 11.6. The van der Waals surface area contributed by atoms with Gasteiger partial charge in [-0.25, -0.2) is 0 Å². The van der Waals surface area contributed by atoms with Gasteiger partial charge in [0.05, 0.1) is 9.90 Å². The molecule has 2 aromatic carbocycles. The molecule has 0 aliphatic carbocycles. The Kier molecular flexibility index (Phi) is 5.18. The van der Waals surface area contributed by atoms with Crippen molar-refractivity contribution < 1.29 is 9.53 Å². The minimum Gasteiger partial charge on any atom is -0.487 e. The van der Waals surface area contributed by atoms with E-state index in [1.165, 1.54) is 11.3 Å². The number of halogens is 1. The van der Waals surface area contributed by atoms with Crippen LogP contribution in [-0.2, 0) is 6.61 Å². The highest BCUT2D eigenvalue weighted by molar-refractivity contribution is 7.12. The number of aryl methyl sites for hydroxylation is 1. The second kappa shape index (κ2) is 7.51. The van der Waals surface area contributed by atoms with Crippen LogP contribution in [0.15, 0.2) is 60.0 Å². The molecule has 0 saturated heterocycles. The van der Waals surface area contributed by atoms with Crippen molar-refractivity contribution in [3.05, 3.63) is 81.0 Å². The van der Waals surface area contributed by atoms with Crippen molar-refractivity contribution in [2.24, 2.45) is 0 Å². The Bertz CT molecular complexity index is 846. The van der Waals surface area contributed by atoms with E-state index in [0.29, 0.717) is 22.3 Å². The van der Waals surface area contributed by atoms with Crippen molar-refractivity contribution in [3.63, 3.8) is 0 Å². The second-order valence-corrected chi connectivity index (χ2v) is 6.68. The Morgan fingerprint density at radius 1 is 1.17 bits per heavy atom. The molecule has 122 valence electrons. The summed E-state index contributed by atoms with van der Waals surface area (Å²) in [6.45, 7) is 2.36. The number of ether oxygens (including phenoxy) is 1. The number of carbonyl (C=O) groups excluding carboxylic acids is 1. The highest BCUT2D eigenvalue weighted by Crippen LogP contribution is 2.27. The normalized spacial score (nSPS) is 10.4. The van der Waals surface area contributed by atoms with Gasteiger partial charge in [-0.1, -0.05) is 35.9 Å². The zero-order valence-corrected chi connectivity index (χ0v) is 14.7. The molecule has 24 heavy (non-hydrogen) atoms. The number of para-hydroxylation sites is 1. The number of amides is 1. The molecule has 0 fully saturated rings. The number of thiophene rings is 1. The van der Waals surface area contributed by atoms with E-state index in [0.717, 1.165) is 16.8 Å². The van der Waals surface area contributed by atoms with E-state index in [1.807, 2.05) is 66.9 Å². The van der Waals surface area contributed by atoms with Crippen LogP contribution in [0.5, 0.6) is 5.75 Å². The molecule has 0 aliphatic heterocycles. The third-order valence-corrected chi connectivity index (χ3v) is 4.68. The molecule has 0 aliphatic rings. The number of nitrogens with one attached hydrogen (secondary N) is 1. The summed E-state index contributed by atoms with van der Waals surface area (Å²) in [5.74, 6) is 0.532. The monoisotopic (exact) mass is 357 g/mol. The summed E-state index contributed by atoms with van der Waals surface area (Å²) in [5, 5.41) is 5.37. The van der Waals surface area contributed by atoms with Crippen molar-refractivity contribution in [2.75, 3.05) is 5.32 Å². The van der Waals surface area contributed by atoms with Crippen molar-refractivity contribution in [1.82, 2.24) is 0 Å². The van der Waals surface area contributed by atoms with Crippen molar-refractivity contribution >= 4 is 34.5 Å². The van der Waals surface area contributed by atoms with E-state index in [4.69, 9.17) is 16.3 Å². The largest absolute Gasteiger partial charge is 0.487 e. The molecule has 1 amide bonds. The number of hydrogen-bond acceptors (Lipinski definition) is 3. The molecule has 1 aromatic heterocycles. The molecular weight excluding hydrogens is 342 g/mol.